The lowest BCUT2D eigenvalue weighted by atomic mass is 10.1. The third-order valence-electron chi connectivity index (χ3n) is 2.54. The van der Waals surface area contributed by atoms with Crippen molar-refractivity contribution in [2.45, 2.75) is 12.0 Å². The van der Waals surface area contributed by atoms with E-state index >= 15 is 0 Å². The largest absolute Gasteiger partial charge is 0.430 e. The summed E-state index contributed by atoms with van der Waals surface area (Å²) in [6, 6.07) is 5.89. The first-order valence-electron chi connectivity index (χ1n) is 6.06. The SMILES string of the molecule is CC(=O)SCC(=O)c1ccc(NS(=O)(=O)c2cnco2)cc1. The maximum absolute atomic E-state index is 11.9. The fraction of sp³-hybridized carbons (Fsp3) is 0.154. The van der Waals surface area contributed by atoms with Crippen LogP contribution < -0.4 is 4.72 Å². The first-order chi connectivity index (χ1) is 10.4. The highest BCUT2D eigenvalue weighted by molar-refractivity contribution is 8.14. The summed E-state index contributed by atoms with van der Waals surface area (Å²) in [6.07, 6.45) is 2.10. The van der Waals surface area contributed by atoms with Gasteiger partial charge in [0.15, 0.2) is 17.3 Å². The molecule has 0 amide bonds. The number of benzene rings is 1. The van der Waals surface area contributed by atoms with Crippen LogP contribution in [-0.4, -0.2) is 30.1 Å². The fourth-order valence-corrected chi connectivity index (χ4v) is 2.93. The van der Waals surface area contributed by atoms with Crippen LogP contribution in [0, 0.1) is 0 Å². The normalized spacial score (nSPS) is 11.1. The molecule has 9 heteroatoms. The maximum atomic E-state index is 11.9. The van der Waals surface area contributed by atoms with Crippen molar-refractivity contribution in [1.29, 1.82) is 0 Å². The van der Waals surface area contributed by atoms with Crippen LogP contribution in [0.25, 0.3) is 0 Å². The van der Waals surface area contributed by atoms with E-state index in [9.17, 15) is 18.0 Å². The third kappa shape index (κ3) is 4.18. The first-order valence-corrected chi connectivity index (χ1v) is 8.53. The molecule has 1 aromatic heterocycles. The number of ketones is 1. The molecule has 7 nitrogen and oxygen atoms in total. The minimum atomic E-state index is -3.84. The Morgan fingerprint density at radius 2 is 1.95 bits per heavy atom. The van der Waals surface area contributed by atoms with Gasteiger partial charge in [-0.3, -0.25) is 14.3 Å². The minimum Gasteiger partial charge on any atom is -0.430 e. The van der Waals surface area contributed by atoms with Crippen molar-refractivity contribution in [2.24, 2.45) is 0 Å². The predicted octanol–water partition coefficient (Wildman–Crippen LogP) is 1.94. The number of rotatable bonds is 6. The van der Waals surface area contributed by atoms with Gasteiger partial charge < -0.3 is 4.42 Å². The standard InChI is InChI=1S/C13H12N2O5S2/c1-9(16)21-7-12(17)10-2-4-11(5-3-10)15-22(18,19)13-6-14-8-20-13/h2-6,8,15H,7H2,1H3. The van der Waals surface area contributed by atoms with Gasteiger partial charge in [-0.2, -0.15) is 8.42 Å². The number of nitrogens with one attached hydrogen (secondary N) is 1. The monoisotopic (exact) mass is 340 g/mol. The van der Waals surface area contributed by atoms with Crippen molar-refractivity contribution in [3.63, 3.8) is 0 Å². The number of carbonyl (C=O) groups excluding carboxylic acids is 2. The van der Waals surface area contributed by atoms with Crippen LogP contribution in [0.3, 0.4) is 0 Å². The lowest BCUT2D eigenvalue weighted by Crippen LogP contribution is -2.12. The van der Waals surface area contributed by atoms with Gasteiger partial charge in [-0.05, 0) is 24.3 Å². The molecular weight excluding hydrogens is 328 g/mol. The third-order valence-corrected chi connectivity index (χ3v) is 4.59. The number of nitrogens with zero attached hydrogens (tertiary/aromatic N) is 1. The number of aromatic nitrogens is 1. The van der Waals surface area contributed by atoms with Gasteiger partial charge in [0, 0.05) is 18.2 Å². The molecule has 116 valence electrons. The lowest BCUT2D eigenvalue weighted by molar-refractivity contribution is -0.109. The molecule has 2 aromatic rings. The predicted molar refractivity (Wildman–Crippen MR) is 81.2 cm³/mol. The number of hydrogen-bond donors (Lipinski definition) is 1. The summed E-state index contributed by atoms with van der Waals surface area (Å²) in [4.78, 5) is 26.2. The summed E-state index contributed by atoms with van der Waals surface area (Å²) < 4.78 is 30.9. The Labute approximate surface area is 131 Å². The van der Waals surface area contributed by atoms with Gasteiger partial charge in [-0.1, -0.05) is 11.8 Å². The minimum absolute atomic E-state index is 0.0540. The van der Waals surface area contributed by atoms with Gasteiger partial charge in [-0.25, -0.2) is 4.98 Å². The van der Waals surface area contributed by atoms with Gasteiger partial charge in [-0.15, -0.1) is 0 Å². The molecule has 0 aliphatic heterocycles. The van der Waals surface area contributed by atoms with Crippen molar-refractivity contribution in [3.8, 4) is 0 Å². The van der Waals surface area contributed by atoms with Crippen LogP contribution in [0.2, 0.25) is 0 Å². The highest BCUT2D eigenvalue weighted by atomic mass is 32.2. The molecule has 1 N–H and O–H groups in total. The Bertz CT molecular complexity index is 767. The zero-order valence-corrected chi connectivity index (χ0v) is 13.1. The van der Waals surface area contributed by atoms with Crippen molar-refractivity contribution in [1.82, 2.24) is 4.98 Å². The molecule has 0 spiro atoms. The molecule has 0 aliphatic rings. The average Bonchev–Trinajstić information content (AvgIpc) is 3.00. The van der Waals surface area contributed by atoms with E-state index in [1.165, 1.54) is 31.2 Å². The van der Waals surface area contributed by atoms with Gasteiger partial charge in [0.05, 0.1) is 11.9 Å². The van der Waals surface area contributed by atoms with E-state index in [0.717, 1.165) is 24.4 Å². The summed E-state index contributed by atoms with van der Waals surface area (Å²) in [5.41, 5.74) is 0.684. The summed E-state index contributed by atoms with van der Waals surface area (Å²) in [6.45, 7) is 1.39. The first kappa shape index (κ1) is 16.2. The molecule has 1 heterocycles. The van der Waals surface area contributed by atoms with E-state index in [1.807, 2.05) is 0 Å². The Morgan fingerprint density at radius 3 is 2.50 bits per heavy atom. The molecule has 0 fully saturated rings. The molecule has 0 atom stereocenters. The van der Waals surface area contributed by atoms with E-state index in [-0.39, 0.29) is 27.4 Å². The van der Waals surface area contributed by atoms with Gasteiger partial charge in [0.2, 0.25) is 0 Å². The molecule has 2 rings (SSSR count). The van der Waals surface area contributed by atoms with E-state index in [1.54, 1.807) is 0 Å². The van der Waals surface area contributed by atoms with Gasteiger partial charge in [0.25, 0.3) is 15.1 Å². The van der Waals surface area contributed by atoms with Crippen LogP contribution in [0.5, 0.6) is 0 Å². The van der Waals surface area contributed by atoms with Crippen LogP contribution in [0.4, 0.5) is 5.69 Å². The average molecular weight is 340 g/mol. The van der Waals surface area contributed by atoms with E-state index < -0.39 is 10.0 Å². The summed E-state index contributed by atoms with van der Waals surface area (Å²) >= 11 is 0.927. The molecule has 0 radical (unpaired) electrons. The van der Waals surface area contributed by atoms with Crippen LogP contribution in [0.15, 0.2) is 46.4 Å². The zero-order valence-electron chi connectivity index (χ0n) is 11.5. The molecule has 0 unspecified atom stereocenters. The number of sulfonamides is 1. The highest BCUT2D eigenvalue weighted by Gasteiger charge is 2.18. The van der Waals surface area contributed by atoms with Crippen molar-refractivity contribution >= 4 is 38.4 Å². The molecular formula is C13H12N2O5S2. The number of oxazole rings is 1. The number of thioether (sulfide) groups is 1. The van der Waals surface area contributed by atoms with Crippen LogP contribution in [0.1, 0.15) is 17.3 Å². The van der Waals surface area contributed by atoms with E-state index in [2.05, 4.69) is 9.71 Å². The summed E-state index contributed by atoms with van der Waals surface area (Å²) in [5, 5.41) is -0.435. The summed E-state index contributed by atoms with van der Waals surface area (Å²) in [5.74, 6) is -0.150. The van der Waals surface area contributed by atoms with Crippen LogP contribution in [-0.2, 0) is 14.8 Å². The second kappa shape index (κ2) is 6.75. The number of anilines is 1. The smallest absolute Gasteiger partial charge is 0.297 e. The summed E-state index contributed by atoms with van der Waals surface area (Å²) in [7, 11) is -3.84. The van der Waals surface area contributed by atoms with E-state index in [4.69, 9.17) is 4.42 Å². The Kier molecular flexibility index (Phi) is 4.99. The molecule has 0 saturated carbocycles. The number of Topliss-reactive ketones (excluding diaryl/α,β-unsaturated/α-hetero) is 1. The lowest BCUT2D eigenvalue weighted by Gasteiger charge is -2.06. The Hall–Kier alpha value is -2.13. The quantitative estimate of drug-likeness (QED) is 0.801. The van der Waals surface area contributed by atoms with Crippen molar-refractivity contribution in [3.05, 3.63) is 42.4 Å². The fourth-order valence-electron chi connectivity index (χ4n) is 1.52. The zero-order chi connectivity index (χ0) is 16.2. The molecule has 0 aliphatic carbocycles. The molecule has 0 bridgehead atoms. The topological polar surface area (TPSA) is 106 Å². The van der Waals surface area contributed by atoms with Gasteiger partial charge in [0.1, 0.15) is 0 Å². The molecule has 22 heavy (non-hydrogen) atoms. The number of hydrogen-bond acceptors (Lipinski definition) is 7. The Morgan fingerprint density at radius 1 is 1.27 bits per heavy atom. The molecule has 1 aromatic carbocycles. The highest BCUT2D eigenvalue weighted by Crippen LogP contribution is 2.17. The van der Waals surface area contributed by atoms with Crippen molar-refractivity contribution in [2.75, 3.05) is 10.5 Å². The molecule has 0 saturated heterocycles. The maximum Gasteiger partial charge on any atom is 0.297 e. The second-order valence-corrected chi connectivity index (χ2v) is 6.97. The van der Waals surface area contributed by atoms with Crippen LogP contribution >= 0.6 is 11.8 Å². The van der Waals surface area contributed by atoms with E-state index in [0.29, 0.717) is 5.56 Å². The van der Waals surface area contributed by atoms with Gasteiger partial charge >= 0.3 is 0 Å². The Balaban J connectivity index is 2.06. The second-order valence-electron chi connectivity index (χ2n) is 4.21. The van der Waals surface area contributed by atoms with Crippen molar-refractivity contribution < 1.29 is 22.4 Å². The number of carbonyl (C=O) groups is 2.